The van der Waals surface area contributed by atoms with Crippen LogP contribution in [0.1, 0.15) is 43.2 Å². The molecule has 12 nitrogen and oxygen atoms in total. The molecule has 0 atom stereocenters. The Morgan fingerprint density at radius 2 is 1.03 bits per heavy atom. The van der Waals surface area contributed by atoms with Crippen LogP contribution in [0, 0.1) is 10.8 Å². The highest BCUT2D eigenvalue weighted by Crippen LogP contribution is 2.20. The molecule has 174 valence electrons. The van der Waals surface area contributed by atoms with E-state index in [-0.39, 0.29) is 36.4 Å². The van der Waals surface area contributed by atoms with Gasteiger partial charge in [-0.25, -0.2) is 19.6 Å². The molecule has 0 radical (unpaired) electrons. The number of nitrogens with one attached hydrogen (secondary N) is 4. The van der Waals surface area contributed by atoms with Crippen LogP contribution in [-0.2, 0) is 13.1 Å². The number of amidine groups is 2. The molecule has 10 N–H and O–H groups in total. The molecule has 34 heavy (non-hydrogen) atoms. The Hall–Kier alpha value is -5.00. The Labute approximate surface area is 193 Å². The van der Waals surface area contributed by atoms with E-state index in [0.717, 1.165) is 11.1 Å². The standard InChI is InChI=1S/C22H22N8O4/c23-17(24)13-5-1-11(2-6-13)9-27-19-15(21(31)32)30-20(16(29-19)22(33)34)28-10-12-3-7-14(8-4-12)18(25)26/h1-8H,9-10H2,(H3,23,24)(H3,25,26)(H,27,29)(H,28,30)(H,31,32)(H,33,34). The fourth-order valence-corrected chi connectivity index (χ4v) is 2.96. The van der Waals surface area contributed by atoms with Crippen molar-refractivity contribution in [2.45, 2.75) is 13.1 Å². The average Bonchev–Trinajstić information content (AvgIpc) is 2.81. The van der Waals surface area contributed by atoms with Crippen LogP contribution in [-0.4, -0.2) is 43.8 Å². The van der Waals surface area contributed by atoms with E-state index >= 15 is 0 Å². The van der Waals surface area contributed by atoms with Gasteiger partial charge in [-0.05, 0) is 11.1 Å². The molecule has 0 amide bonds. The van der Waals surface area contributed by atoms with Crippen LogP contribution >= 0.6 is 0 Å². The second kappa shape index (κ2) is 10.1. The first kappa shape index (κ1) is 23.7. The third-order valence-corrected chi connectivity index (χ3v) is 4.75. The largest absolute Gasteiger partial charge is 0.476 e. The summed E-state index contributed by atoms with van der Waals surface area (Å²) < 4.78 is 0. The third-order valence-electron chi connectivity index (χ3n) is 4.75. The number of benzene rings is 2. The summed E-state index contributed by atoms with van der Waals surface area (Å²) in [6.07, 6.45) is 0. The summed E-state index contributed by atoms with van der Waals surface area (Å²) >= 11 is 0. The quantitative estimate of drug-likeness (QED) is 0.161. The van der Waals surface area contributed by atoms with E-state index in [9.17, 15) is 19.8 Å². The summed E-state index contributed by atoms with van der Waals surface area (Å²) in [7, 11) is 0. The molecule has 0 aliphatic heterocycles. The van der Waals surface area contributed by atoms with Crippen molar-refractivity contribution in [3.63, 3.8) is 0 Å². The number of carboxylic acids is 2. The van der Waals surface area contributed by atoms with Crippen molar-refractivity contribution in [2.75, 3.05) is 10.6 Å². The number of rotatable bonds is 10. The maximum absolute atomic E-state index is 11.8. The summed E-state index contributed by atoms with van der Waals surface area (Å²) in [5.74, 6) is -3.32. The third kappa shape index (κ3) is 5.62. The Morgan fingerprint density at radius 3 is 1.29 bits per heavy atom. The van der Waals surface area contributed by atoms with Crippen LogP contribution in [0.15, 0.2) is 48.5 Å². The van der Waals surface area contributed by atoms with Gasteiger partial charge < -0.3 is 32.3 Å². The topological polar surface area (TPSA) is 224 Å². The van der Waals surface area contributed by atoms with Gasteiger partial charge >= 0.3 is 11.9 Å². The number of carbonyl (C=O) groups is 2. The maximum Gasteiger partial charge on any atom is 0.358 e. The molecule has 0 fully saturated rings. The number of hydrogen-bond donors (Lipinski definition) is 8. The highest BCUT2D eigenvalue weighted by molar-refractivity contribution is 5.97. The summed E-state index contributed by atoms with van der Waals surface area (Å²) in [6.45, 7) is 0.281. The van der Waals surface area contributed by atoms with E-state index in [1.165, 1.54) is 0 Å². The molecular weight excluding hydrogens is 440 g/mol. The second-order valence-corrected chi connectivity index (χ2v) is 7.16. The number of nitrogens with two attached hydrogens (primary N) is 2. The zero-order valence-corrected chi connectivity index (χ0v) is 17.8. The van der Waals surface area contributed by atoms with E-state index in [4.69, 9.17) is 22.3 Å². The van der Waals surface area contributed by atoms with Gasteiger partial charge in [0.2, 0.25) is 0 Å². The highest BCUT2D eigenvalue weighted by Gasteiger charge is 2.22. The Bertz CT molecular complexity index is 1160. The van der Waals surface area contributed by atoms with Crippen LogP contribution < -0.4 is 22.1 Å². The van der Waals surface area contributed by atoms with E-state index < -0.39 is 23.3 Å². The number of aromatic nitrogens is 2. The molecule has 0 unspecified atom stereocenters. The number of nitrogen functional groups attached to an aromatic ring is 2. The van der Waals surface area contributed by atoms with Crippen LogP contribution in [0.4, 0.5) is 11.6 Å². The van der Waals surface area contributed by atoms with Gasteiger partial charge in [0.1, 0.15) is 11.7 Å². The van der Waals surface area contributed by atoms with E-state index in [1.807, 2.05) is 0 Å². The minimum atomic E-state index is -1.38. The predicted molar refractivity (Wildman–Crippen MR) is 126 cm³/mol. The Morgan fingerprint density at radius 1 is 0.706 bits per heavy atom. The zero-order chi connectivity index (χ0) is 24.8. The molecule has 0 saturated heterocycles. The van der Waals surface area contributed by atoms with Gasteiger partial charge in [0.25, 0.3) is 0 Å². The first-order valence-corrected chi connectivity index (χ1v) is 9.88. The van der Waals surface area contributed by atoms with Gasteiger partial charge in [0.05, 0.1) is 0 Å². The van der Waals surface area contributed by atoms with Crippen molar-refractivity contribution >= 4 is 35.2 Å². The monoisotopic (exact) mass is 462 g/mol. The lowest BCUT2D eigenvalue weighted by Crippen LogP contribution is -2.18. The molecule has 0 aliphatic carbocycles. The smallest absolute Gasteiger partial charge is 0.358 e. The summed E-state index contributed by atoms with van der Waals surface area (Å²) in [5, 5.41) is 39.7. The van der Waals surface area contributed by atoms with Gasteiger partial charge in [-0.15, -0.1) is 0 Å². The number of hydrogen-bond acceptors (Lipinski definition) is 8. The molecule has 2 aromatic carbocycles. The summed E-state index contributed by atoms with van der Waals surface area (Å²) in [6, 6.07) is 13.4. The minimum Gasteiger partial charge on any atom is -0.476 e. The van der Waals surface area contributed by atoms with Gasteiger partial charge in [0, 0.05) is 24.2 Å². The molecule has 0 bridgehead atoms. The molecule has 0 aliphatic rings. The first-order valence-electron chi connectivity index (χ1n) is 9.88. The van der Waals surface area contributed by atoms with Crippen molar-refractivity contribution in [1.82, 2.24) is 9.97 Å². The Kier molecular flexibility index (Phi) is 7.01. The van der Waals surface area contributed by atoms with E-state index in [2.05, 4.69) is 20.6 Å². The zero-order valence-electron chi connectivity index (χ0n) is 17.8. The molecule has 0 saturated carbocycles. The highest BCUT2D eigenvalue weighted by atomic mass is 16.4. The van der Waals surface area contributed by atoms with Crippen LogP contribution in [0.3, 0.4) is 0 Å². The Balaban J connectivity index is 1.83. The van der Waals surface area contributed by atoms with E-state index in [0.29, 0.717) is 11.1 Å². The fourth-order valence-electron chi connectivity index (χ4n) is 2.96. The number of aromatic carboxylic acids is 2. The first-order chi connectivity index (χ1) is 16.2. The molecule has 12 heteroatoms. The lowest BCUT2D eigenvalue weighted by molar-refractivity contribution is 0.0673. The van der Waals surface area contributed by atoms with Gasteiger partial charge in [-0.3, -0.25) is 10.8 Å². The predicted octanol–water partition coefficient (Wildman–Crippen LogP) is 1.67. The summed E-state index contributed by atoms with van der Waals surface area (Å²) in [5.41, 5.74) is 12.5. The average molecular weight is 462 g/mol. The minimum absolute atomic E-state index is 0.0810. The lowest BCUT2D eigenvalue weighted by atomic mass is 10.1. The van der Waals surface area contributed by atoms with Gasteiger partial charge in [-0.2, -0.15) is 0 Å². The maximum atomic E-state index is 11.8. The number of carboxylic acid groups (broad SMARTS) is 2. The van der Waals surface area contributed by atoms with Gasteiger partial charge in [-0.1, -0.05) is 48.5 Å². The molecule has 3 rings (SSSR count). The van der Waals surface area contributed by atoms with Crippen LogP contribution in [0.2, 0.25) is 0 Å². The molecule has 3 aromatic rings. The molecule has 0 spiro atoms. The second-order valence-electron chi connectivity index (χ2n) is 7.16. The van der Waals surface area contributed by atoms with Crippen molar-refractivity contribution in [3.8, 4) is 0 Å². The molecular formula is C22H22N8O4. The van der Waals surface area contributed by atoms with Crippen molar-refractivity contribution in [2.24, 2.45) is 11.5 Å². The van der Waals surface area contributed by atoms with Crippen molar-refractivity contribution in [1.29, 1.82) is 10.8 Å². The van der Waals surface area contributed by atoms with Crippen LogP contribution in [0.25, 0.3) is 0 Å². The normalized spacial score (nSPS) is 10.4. The lowest BCUT2D eigenvalue weighted by Gasteiger charge is -2.14. The van der Waals surface area contributed by atoms with Crippen LogP contribution in [0.5, 0.6) is 0 Å². The van der Waals surface area contributed by atoms with Crippen molar-refractivity contribution < 1.29 is 19.8 Å². The van der Waals surface area contributed by atoms with E-state index in [1.54, 1.807) is 48.5 Å². The number of nitrogens with zero attached hydrogens (tertiary/aromatic N) is 2. The molecule has 1 aromatic heterocycles. The SMILES string of the molecule is N=C(N)c1ccc(CNc2nc(C(=O)O)c(NCc3ccc(C(=N)N)cc3)nc2C(=O)O)cc1. The fraction of sp³-hybridized carbons (Fsp3) is 0.0909. The van der Waals surface area contributed by atoms with Gasteiger partial charge in [0.15, 0.2) is 23.0 Å². The molecule has 1 heterocycles. The summed E-state index contributed by atoms with van der Waals surface area (Å²) in [4.78, 5) is 31.5. The number of anilines is 2. The van der Waals surface area contributed by atoms with Crippen molar-refractivity contribution in [3.05, 3.63) is 82.2 Å².